The molecule has 2 heterocycles. The van der Waals surface area contributed by atoms with Gasteiger partial charge in [0.25, 0.3) is 11.5 Å². The second kappa shape index (κ2) is 5.85. The number of nitrogens with zero attached hydrogens (tertiary/aromatic N) is 1. The van der Waals surface area contributed by atoms with Crippen LogP contribution < -0.4 is 10.9 Å². The summed E-state index contributed by atoms with van der Waals surface area (Å²) in [6, 6.07) is 2.35. The second-order valence-corrected chi connectivity index (χ2v) is 4.01. The molecule has 0 saturated carbocycles. The molecule has 19 heavy (non-hydrogen) atoms. The summed E-state index contributed by atoms with van der Waals surface area (Å²) in [5.74, 6) is 0.150. The smallest absolute Gasteiger partial charge is 0.251 e. The Morgan fingerprint density at radius 3 is 2.95 bits per heavy atom. The Kier molecular flexibility index (Phi) is 3.97. The maximum atomic E-state index is 11.7. The number of aryl methyl sites for hydroxylation is 1. The van der Waals surface area contributed by atoms with Crippen LogP contribution in [-0.4, -0.2) is 32.5 Å². The SMILES string of the molecule is O=C(NCCCc1ncc[nH]1)c1cc(O)[nH]c(=O)c1. The lowest BCUT2D eigenvalue weighted by Gasteiger charge is -2.04. The van der Waals surface area contributed by atoms with E-state index < -0.39 is 5.56 Å². The van der Waals surface area contributed by atoms with E-state index in [4.69, 9.17) is 0 Å². The van der Waals surface area contributed by atoms with Crippen molar-refractivity contribution in [2.24, 2.45) is 0 Å². The van der Waals surface area contributed by atoms with Crippen molar-refractivity contribution in [3.8, 4) is 5.88 Å². The number of carbonyl (C=O) groups is 1. The molecule has 2 aromatic rings. The van der Waals surface area contributed by atoms with E-state index in [-0.39, 0.29) is 17.4 Å². The van der Waals surface area contributed by atoms with E-state index in [0.29, 0.717) is 6.54 Å². The van der Waals surface area contributed by atoms with Crippen LogP contribution in [0.3, 0.4) is 0 Å². The highest BCUT2D eigenvalue weighted by Crippen LogP contribution is 2.03. The summed E-state index contributed by atoms with van der Waals surface area (Å²) >= 11 is 0. The highest BCUT2D eigenvalue weighted by Gasteiger charge is 2.07. The van der Waals surface area contributed by atoms with Crippen molar-refractivity contribution in [3.05, 3.63) is 46.3 Å². The van der Waals surface area contributed by atoms with Crippen LogP contribution in [0.2, 0.25) is 0 Å². The predicted octanol–water partition coefficient (Wildman–Crippen LogP) is 0.166. The van der Waals surface area contributed by atoms with Crippen LogP contribution in [0.1, 0.15) is 22.6 Å². The van der Waals surface area contributed by atoms with Crippen molar-refractivity contribution in [3.63, 3.8) is 0 Å². The molecule has 7 nitrogen and oxygen atoms in total. The van der Waals surface area contributed by atoms with Crippen LogP contribution >= 0.6 is 0 Å². The van der Waals surface area contributed by atoms with E-state index >= 15 is 0 Å². The van der Waals surface area contributed by atoms with Crippen molar-refractivity contribution >= 4 is 5.91 Å². The van der Waals surface area contributed by atoms with Gasteiger partial charge < -0.3 is 15.4 Å². The third-order valence-corrected chi connectivity index (χ3v) is 2.52. The molecule has 7 heteroatoms. The van der Waals surface area contributed by atoms with E-state index in [2.05, 4.69) is 20.3 Å². The van der Waals surface area contributed by atoms with Gasteiger partial charge in [0.05, 0.1) is 5.56 Å². The number of imidazole rings is 1. The number of carbonyl (C=O) groups excluding carboxylic acids is 1. The topological polar surface area (TPSA) is 111 Å². The Bertz CT molecular complexity index is 604. The van der Waals surface area contributed by atoms with E-state index in [1.54, 1.807) is 12.4 Å². The molecule has 0 fully saturated rings. The van der Waals surface area contributed by atoms with E-state index in [1.165, 1.54) is 6.07 Å². The number of aromatic amines is 2. The molecule has 0 bridgehead atoms. The highest BCUT2D eigenvalue weighted by atomic mass is 16.3. The molecule has 0 aliphatic rings. The minimum atomic E-state index is -0.513. The number of amides is 1. The van der Waals surface area contributed by atoms with Gasteiger partial charge in [-0.25, -0.2) is 4.98 Å². The van der Waals surface area contributed by atoms with Crippen LogP contribution in [-0.2, 0) is 6.42 Å². The van der Waals surface area contributed by atoms with Crippen LogP contribution in [0.15, 0.2) is 29.3 Å². The lowest BCUT2D eigenvalue weighted by atomic mass is 10.2. The predicted molar refractivity (Wildman–Crippen MR) is 68.0 cm³/mol. The van der Waals surface area contributed by atoms with Crippen LogP contribution in [0.25, 0.3) is 0 Å². The number of rotatable bonds is 5. The molecule has 2 rings (SSSR count). The van der Waals surface area contributed by atoms with Gasteiger partial charge in [-0.1, -0.05) is 0 Å². The quantitative estimate of drug-likeness (QED) is 0.575. The number of aromatic nitrogens is 3. The first-order chi connectivity index (χ1) is 9.15. The largest absolute Gasteiger partial charge is 0.494 e. The standard InChI is InChI=1S/C12H14N4O3/c17-10-6-8(7-11(18)16-10)12(19)15-3-1-2-9-13-4-5-14-9/h4-7H,1-3H2,(H,13,14)(H,15,19)(H2,16,17,18). The molecule has 0 radical (unpaired) electrons. The summed E-state index contributed by atoms with van der Waals surface area (Å²) in [5.41, 5.74) is -0.375. The van der Waals surface area contributed by atoms with Gasteiger partial charge in [-0.3, -0.25) is 14.6 Å². The molecule has 1 amide bonds. The fourth-order valence-corrected chi connectivity index (χ4v) is 1.65. The molecule has 0 aromatic carbocycles. The van der Waals surface area contributed by atoms with Crippen LogP contribution in [0, 0.1) is 0 Å². The zero-order valence-corrected chi connectivity index (χ0v) is 10.1. The van der Waals surface area contributed by atoms with Gasteiger partial charge in [0.15, 0.2) is 5.88 Å². The third kappa shape index (κ3) is 3.70. The fourth-order valence-electron chi connectivity index (χ4n) is 1.65. The zero-order valence-electron chi connectivity index (χ0n) is 10.1. The summed E-state index contributed by atoms with van der Waals surface area (Å²) in [7, 11) is 0. The number of nitrogens with one attached hydrogen (secondary N) is 3. The van der Waals surface area contributed by atoms with Crippen molar-refractivity contribution in [2.45, 2.75) is 12.8 Å². The van der Waals surface area contributed by atoms with Crippen molar-refractivity contribution in [2.75, 3.05) is 6.54 Å². The van der Waals surface area contributed by atoms with Gasteiger partial charge in [0, 0.05) is 37.5 Å². The molecule has 0 aliphatic heterocycles. The maximum Gasteiger partial charge on any atom is 0.251 e. The Hall–Kier alpha value is -2.57. The third-order valence-electron chi connectivity index (χ3n) is 2.52. The molecule has 0 unspecified atom stereocenters. The van der Waals surface area contributed by atoms with Crippen molar-refractivity contribution < 1.29 is 9.90 Å². The molecule has 0 atom stereocenters. The molecule has 0 spiro atoms. The number of H-pyrrole nitrogens is 2. The highest BCUT2D eigenvalue weighted by molar-refractivity contribution is 5.94. The first kappa shape index (κ1) is 12.9. The van der Waals surface area contributed by atoms with Gasteiger partial charge in [-0.15, -0.1) is 0 Å². The molecule has 100 valence electrons. The average Bonchev–Trinajstić information content (AvgIpc) is 2.86. The molecule has 2 aromatic heterocycles. The van der Waals surface area contributed by atoms with E-state index in [1.807, 2.05) is 0 Å². The number of hydrogen-bond acceptors (Lipinski definition) is 4. The monoisotopic (exact) mass is 262 g/mol. The lowest BCUT2D eigenvalue weighted by molar-refractivity contribution is 0.0952. The van der Waals surface area contributed by atoms with Gasteiger partial charge >= 0.3 is 0 Å². The molecule has 4 N–H and O–H groups in total. The Balaban J connectivity index is 1.82. The molecular formula is C12H14N4O3. The van der Waals surface area contributed by atoms with E-state index in [0.717, 1.165) is 24.7 Å². The Labute approximate surface area is 108 Å². The summed E-state index contributed by atoms with van der Waals surface area (Å²) in [6.07, 6.45) is 4.88. The van der Waals surface area contributed by atoms with E-state index in [9.17, 15) is 14.7 Å². The van der Waals surface area contributed by atoms with Gasteiger partial charge in [-0.2, -0.15) is 0 Å². The minimum Gasteiger partial charge on any atom is -0.494 e. The molecule has 0 aliphatic carbocycles. The summed E-state index contributed by atoms with van der Waals surface area (Å²) < 4.78 is 0. The minimum absolute atomic E-state index is 0.138. The fraction of sp³-hybridized carbons (Fsp3) is 0.250. The zero-order chi connectivity index (χ0) is 13.7. The van der Waals surface area contributed by atoms with Gasteiger partial charge in [0.2, 0.25) is 0 Å². The Morgan fingerprint density at radius 2 is 2.26 bits per heavy atom. The van der Waals surface area contributed by atoms with Gasteiger partial charge in [0.1, 0.15) is 5.82 Å². The van der Waals surface area contributed by atoms with Crippen molar-refractivity contribution in [1.82, 2.24) is 20.3 Å². The molecular weight excluding hydrogens is 248 g/mol. The first-order valence-electron chi connectivity index (χ1n) is 5.85. The van der Waals surface area contributed by atoms with Crippen LogP contribution in [0.5, 0.6) is 5.88 Å². The van der Waals surface area contributed by atoms with Gasteiger partial charge in [-0.05, 0) is 6.42 Å². The second-order valence-electron chi connectivity index (χ2n) is 4.01. The Morgan fingerprint density at radius 1 is 1.42 bits per heavy atom. The summed E-state index contributed by atoms with van der Waals surface area (Å²) in [6.45, 7) is 0.465. The first-order valence-corrected chi connectivity index (χ1v) is 5.85. The molecule has 0 saturated heterocycles. The number of hydrogen-bond donors (Lipinski definition) is 4. The maximum absolute atomic E-state index is 11.7. The number of aromatic hydroxyl groups is 1. The average molecular weight is 262 g/mol. The summed E-state index contributed by atoms with van der Waals surface area (Å²) in [4.78, 5) is 32.0. The van der Waals surface area contributed by atoms with Crippen molar-refractivity contribution in [1.29, 1.82) is 0 Å². The summed E-state index contributed by atoms with van der Waals surface area (Å²) in [5, 5.41) is 11.9. The number of pyridine rings is 1. The lowest BCUT2D eigenvalue weighted by Crippen LogP contribution is -2.26. The van der Waals surface area contributed by atoms with Crippen LogP contribution in [0.4, 0.5) is 0 Å². The normalized spacial score (nSPS) is 10.3.